The molecular formula is C15H23NO. The van der Waals surface area contributed by atoms with Gasteiger partial charge in [-0.15, -0.1) is 0 Å². The van der Waals surface area contributed by atoms with Crippen molar-refractivity contribution in [2.75, 3.05) is 0 Å². The molecule has 0 fully saturated rings. The first-order valence-corrected chi connectivity index (χ1v) is 6.27. The molecule has 1 aromatic heterocycles. The van der Waals surface area contributed by atoms with Crippen molar-refractivity contribution in [3.63, 3.8) is 0 Å². The summed E-state index contributed by atoms with van der Waals surface area (Å²) < 4.78 is 0. The predicted octanol–water partition coefficient (Wildman–Crippen LogP) is 3.66. The Kier molecular flexibility index (Phi) is 4.86. The molecule has 0 amide bonds. The Morgan fingerprint density at radius 3 is 2.41 bits per heavy atom. The zero-order valence-corrected chi connectivity index (χ0v) is 11.4. The first-order valence-electron chi connectivity index (χ1n) is 6.27. The fourth-order valence-electron chi connectivity index (χ4n) is 2.31. The Hall–Kier alpha value is -1.18. The van der Waals surface area contributed by atoms with Gasteiger partial charge in [-0.1, -0.05) is 27.7 Å². The maximum atomic E-state index is 11.9. The molecule has 1 atom stereocenters. The topological polar surface area (TPSA) is 30.0 Å². The third kappa shape index (κ3) is 6.20. The number of pyridine rings is 1. The minimum absolute atomic E-state index is 0.302. The lowest BCUT2D eigenvalue weighted by atomic mass is 9.83. The summed E-state index contributed by atoms with van der Waals surface area (Å²) in [6.07, 6.45) is 5.79. The van der Waals surface area contributed by atoms with Crippen LogP contribution in [-0.2, 0) is 11.2 Å². The number of nitrogens with zero attached hydrogens (tertiary/aromatic N) is 1. The van der Waals surface area contributed by atoms with Crippen LogP contribution in [0, 0.1) is 11.3 Å². The average Bonchev–Trinajstić information content (AvgIpc) is 2.15. The van der Waals surface area contributed by atoms with E-state index in [-0.39, 0.29) is 0 Å². The van der Waals surface area contributed by atoms with Crippen LogP contribution in [0.15, 0.2) is 24.5 Å². The minimum Gasteiger partial charge on any atom is -0.299 e. The molecule has 1 aromatic rings. The van der Waals surface area contributed by atoms with Gasteiger partial charge in [-0.05, 0) is 35.4 Å². The van der Waals surface area contributed by atoms with Gasteiger partial charge in [-0.2, -0.15) is 0 Å². The van der Waals surface area contributed by atoms with Crippen molar-refractivity contribution in [1.29, 1.82) is 0 Å². The quantitative estimate of drug-likeness (QED) is 0.777. The van der Waals surface area contributed by atoms with Gasteiger partial charge in [0.25, 0.3) is 0 Å². The first kappa shape index (κ1) is 13.9. The molecule has 2 heteroatoms. The summed E-state index contributed by atoms with van der Waals surface area (Å²) in [5.41, 5.74) is 1.36. The standard InChI is InChI=1S/C15H23NO/c1-12(11-15(2,3)4)9-14(17)10-13-5-7-16-8-6-13/h5-8,12H,9-11H2,1-4H3. The van der Waals surface area contributed by atoms with E-state index in [1.807, 2.05) is 12.1 Å². The van der Waals surface area contributed by atoms with E-state index in [9.17, 15) is 4.79 Å². The van der Waals surface area contributed by atoms with Crippen LogP contribution in [-0.4, -0.2) is 10.8 Å². The van der Waals surface area contributed by atoms with E-state index in [1.54, 1.807) is 12.4 Å². The molecule has 0 radical (unpaired) electrons. The molecule has 0 saturated heterocycles. The van der Waals surface area contributed by atoms with Crippen molar-refractivity contribution in [3.8, 4) is 0 Å². The lowest BCUT2D eigenvalue weighted by Crippen LogP contribution is -2.15. The van der Waals surface area contributed by atoms with Gasteiger partial charge in [0.05, 0.1) is 0 Å². The molecule has 94 valence electrons. The molecule has 2 nitrogen and oxygen atoms in total. The third-order valence-corrected chi connectivity index (χ3v) is 2.69. The predicted molar refractivity (Wildman–Crippen MR) is 70.8 cm³/mol. The Bertz CT molecular complexity index is 351. The number of carbonyl (C=O) groups excluding carboxylic acids is 1. The Morgan fingerprint density at radius 1 is 1.29 bits per heavy atom. The van der Waals surface area contributed by atoms with Crippen molar-refractivity contribution in [2.24, 2.45) is 11.3 Å². The monoisotopic (exact) mass is 233 g/mol. The van der Waals surface area contributed by atoms with E-state index < -0.39 is 0 Å². The van der Waals surface area contributed by atoms with Gasteiger partial charge in [-0.3, -0.25) is 9.78 Å². The second-order valence-corrected chi connectivity index (χ2v) is 6.14. The van der Waals surface area contributed by atoms with Crippen LogP contribution in [0.25, 0.3) is 0 Å². The van der Waals surface area contributed by atoms with Crippen molar-refractivity contribution < 1.29 is 4.79 Å². The van der Waals surface area contributed by atoms with Crippen molar-refractivity contribution in [1.82, 2.24) is 4.98 Å². The van der Waals surface area contributed by atoms with Crippen molar-refractivity contribution in [3.05, 3.63) is 30.1 Å². The molecule has 1 rings (SSSR count). The second kappa shape index (κ2) is 5.95. The molecule has 0 bridgehead atoms. The smallest absolute Gasteiger partial charge is 0.137 e. The van der Waals surface area contributed by atoms with Gasteiger partial charge in [-0.25, -0.2) is 0 Å². The normalized spacial score (nSPS) is 13.4. The maximum absolute atomic E-state index is 11.9. The van der Waals surface area contributed by atoms with Crippen LogP contribution in [0.1, 0.15) is 46.1 Å². The van der Waals surface area contributed by atoms with Gasteiger partial charge in [0, 0.05) is 25.2 Å². The number of hydrogen-bond acceptors (Lipinski definition) is 2. The number of Topliss-reactive ketones (excluding diaryl/α,β-unsaturated/α-hetero) is 1. The molecule has 1 unspecified atom stereocenters. The second-order valence-electron chi connectivity index (χ2n) is 6.14. The summed E-state index contributed by atoms with van der Waals surface area (Å²) >= 11 is 0. The summed E-state index contributed by atoms with van der Waals surface area (Å²) in [7, 11) is 0. The maximum Gasteiger partial charge on any atom is 0.137 e. The van der Waals surface area contributed by atoms with E-state index >= 15 is 0 Å². The molecule has 0 aromatic carbocycles. The molecule has 17 heavy (non-hydrogen) atoms. The highest BCUT2D eigenvalue weighted by atomic mass is 16.1. The highest BCUT2D eigenvalue weighted by molar-refractivity contribution is 5.80. The van der Waals surface area contributed by atoms with Crippen LogP contribution in [0.2, 0.25) is 0 Å². The molecule has 0 saturated carbocycles. The number of ketones is 1. The van der Waals surface area contributed by atoms with E-state index in [2.05, 4.69) is 32.7 Å². The van der Waals surface area contributed by atoms with E-state index in [0.29, 0.717) is 30.0 Å². The Morgan fingerprint density at radius 2 is 1.88 bits per heavy atom. The Balaban J connectivity index is 2.40. The van der Waals surface area contributed by atoms with Gasteiger partial charge in [0.15, 0.2) is 0 Å². The summed E-state index contributed by atoms with van der Waals surface area (Å²) in [6, 6.07) is 3.82. The summed E-state index contributed by atoms with van der Waals surface area (Å²) in [6.45, 7) is 8.82. The number of hydrogen-bond donors (Lipinski definition) is 0. The molecule has 0 aliphatic heterocycles. The highest BCUT2D eigenvalue weighted by Crippen LogP contribution is 2.26. The van der Waals surface area contributed by atoms with Crippen LogP contribution < -0.4 is 0 Å². The van der Waals surface area contributed by atoms with Gasteiger partial charge in [0.2, 0.25) is 0 Å². The van der Waals surface area contributed by atoms with E-state index in [1.165, 1.54) is 0 Å². The van der Waals surface area contributed by atoms with E-state index in [0.717, 1.165) is 12.0 Å². The molecular weight excluding hydrogens is 210 g/mol. The number of rotatable bonds is 5. The molecule has 0 aliphatic rings. The molecule has 0 spiro atoms. The fraction of sp³-hybridized carbons (Fsp3) is 0.600. The largest absolute Gasteiger partial charge is 0.299 e. The Labute approximate surface area is 104 Å². The average molecular weight is 233 g/mol. The summed E-state index contributed by atoms with van der Waals surface area (Å²) in [4.78, 5) is 15.8. The molecule has 0 aliphatic carbocycles. The van der Waals surface area contributed by atoms with Crippen molar-refractivity contribution in [2.45, 2.75) is 47.0 Å². The van der Waals surface area contributed by atoms with E-state index in [4.69, 9.17) is 0 Å². The number of carbonyl (C=O) groups is 1. The van der Waals surface area contributed by atoms with Crippen LogP contribution in [0.3, 0.4) is 0 Å². The van der Waals surface area contributed by atoms with Crippen LogP contribution >= 0.6 is 0 Å². The minimum atomic E-state index is 0.302. The molecule has 1 heterocycles. The lowest BCUT2D eigenvalue weighted by molar-refractivity contribution is -0.119. The van der Waals surface area contributed by atoms with Gasteiger partial charge < -0.3 is 0 Å². The SMILES string of the molecule is CC(CC(=O)Cc1ccncc1)CC(C)(C)C. The zero-order valence-electron chi connectivity index (χ0n) is 11.4. The van der Waals surface area contributed by atoms with Crippen molar-refractivity contribution >= 4 is 5.78 Å². The van der Waals surface area contributed by atoms with Gasteiger partial charge in [0.1, 0.15) is 5.78 Å². The highest BCUT2D eigenvalue weighted by Gasteiger charge is 2.17. The summed E-state index contributed by atoms with van der Waals surface area (Å²) in [5, 5.41) is 0. The summed E-state index contributed by atoms with van der Waals surface area (Å²) in [5.74, 6) is 0.789. The molecule has 0 N–H and O–H groups in total. The van der Waals surface area contributed by atoms with Crippen LogP contribution in [0.5, 0.6) is 0 Å². The van der Waals surface area contributed by atoms with Gasteiger partial charge >= 0.3 is 0 Å². The fourth-order valence-corrected chi connectivity index (χ4v) is 2.31. The third-order valence-electron chi connectivity index (χ3n) is 2.69. The lowest BCUT2D eigenvalue weighted by Gasteiger charge is -2.22. The van der Waals surface area contributed by atoms with Crippen LogP contribution in [0.4, 0.5) is 0 Å². The first-order chi connectivity index (χ1) is 7.87. The zero-order chi connectivity index (χ0) is 12.9. The number of aromatic nitrogens is 1.